The molecule has 1 heterocycles. The lowest BCUT2D eigenvalue weighted by Gasteiger charge is -2.04. The lowest BCUT2D eigenvalue weighted by atomic mass is 10.1. The minimum atomic E-state index is 0.594. The van der Waals surface area contributed by atoms with Crippen molar-refractivity contribution in [1.82, 2.24) is 4.98 Å². The van der Waals surface area contributed by atoms with Gasteiger partial charge in [-0.2, -0.15) is 0 Å². The van der Waals surface area contributed by atoms with Crippen LogP contribution < -0.4 is 4.74 Å². The molecule has 0 unspecified atom stereocenters. The minimum Gasteiger partial charge on any atom is -0.447 e. The molecule has 0 saturated carbocycles. The Labute approximate surface area is 82.9 Å². The number of ether oxygens (including phenoxy) is 1. The predicted octanol–water partition coefficient (Wildman–Crippen LogP) is 3.07. The number of nitrogens with zero attached hydrogens (tertiary/aromatic N) is 1. The van der Waals surface area contributed by atoms with Crippen molar-refractivity contribution < 1.29 is 4.74 Å². The molecular weight excluding hydrogens is 174 g/mol. The molecule has 0 spiro atoms. The molecule has 14 heavy (non-hydrogen) atoms. The fourth-order valence-corrected chi connectivity index (χ4v) is 1.46. The molecule has 1 aromatic heterocycles. The average Bonchev–Trinajstić information content (AvgIpc) is 2.18. The smallest absolute Gasteiger partial charge is 0.219 e. The van der Waals surface area contributed by atoms with Gasteiger partial charge in [0.05, 0.1) is 11.8 Å². The van der Waals surface area contributed by atoms with E-state index in [0.29, 0.717) is 5.88 Å². The third-order valence-electron chi connectivity index (χ3n) is 2.10. The van der Waals surface area contributed by atoms with Gasteiger partial charge in [-0.25, -0.2) is 4.98 Å². The van der Waals surface area contributed by atoms with E-state index in [0.717, 1.165) is 16.5 Å². The van der Waals surface area contributed by atoms with E-state index in [9.17, 15) is 0 Å². The van der Waals surface area contributed by atoms with Crippen LogP contribution in [0, 0.1) is 6.92 Å². The van der Waals surface area contributed by atoms with Crippen LogP contribution in [0.1, 0.15) is 5.56 Å². The largest absolute Gasteiger partial charge is 0.447 e. The second kappa shape index (κ2) is 3.50. The third-order valence-corrected chi connectivity index (χ3v) is 2.10. The van der Waals surface area contributed by atoms with Crippen LogP contribution in [0.25, 0.3) is 10.9 Å². The van der Waals surface area contributed by atoms with Crippen LogP contribution >= 0.6 is 0 Å². The Bertz CT molecular complexity index is 477. The van der Waals surface area contributed by atoms with Crippen LogP contribution in [0.5, 0.6) is 5.88 Å². The van der Waals surface area contributed by atoms with Gasteiger partial charge in [-0.3, -0.25) is 0 Å². The minimum absolute atomic E-state index is 0.594. The van der Waals surface area contributed by atoms with Gasteiger partial charge in [0.25, 0.3) is 0 Å². The summed E-state index contributed by atoms with van der Waals surface area (Å²) < 4.78 is 5.15. The summed E-state index contributed by atoms with van der Waals surface area (Å²) in [5.41, 5.74) is 2.11. The lowest BCUT2D eigenvalue weighted by molar-refractivity contribution is 0.465. The number of hydrogen-bond acceptors (Lipinski definition) is 2. The van der Waals surface area contributed by atoms with E-state index < -0.39 is 0 Å². The maximum absolute atomic E-state index is 5.15. The van der Waals surface area contributed by atoms with E-state index in [-0.39, 0.29) is 0 Å². The van der Waals surface area contributed by atoms with Crippen molar-refractivity contribution in [2.24, 2.45) is 0 Å². The van der Waals surface area contributed by atoms with Crippen LogP contribution in [0.2, 0.25) is 0 Å². The molecule has 0 aliphatic carbocycles. The van der Waals surface area contributed by atoms with E-state index in [1.165, 1.54) is 6.26 Å². The molecule has 2 rings (SSSR count). The number of benzene rings is 1. The number of fused-ring (bicyclic) bond motifs is 1. The predicted molar refractivity (Wildman–Crippen MR) is 57.3 cm³/mol. The molecular formula is C12H11NO. The van der Waals surface area contributed by atoms with Crippen molar-refractivity contribution in [2.75, 3.05) is 0 Å². The van der Waals surface area contributed by atoms with Gasteiger partial charge >= 0.3 is 0 Å². The summed E-state index contributed by atoms with van der Waals surface area (Å²) in [7, 11) is 0. The SMILES string of the molecule is C=COc1cc(C)c2ccccc2n1. The molecule has 2 heteroatoms. The summed E-state index contributed by atoms with van der Waals surface area (Å²) in [6.07, 6.45) is 1.39. The highest BCUT2D eigenvalue weighted by Gasteiger charge is 2.01. The van der Waals surface area contributed by atoms with Gasteiger partial charge < -0.3 is 4.74 Å². The van der Waals surface area contributed by atoms with Crippen molar-refractivity contribution in [3.05, 3.63) is 48.7 Å². The Morgan fingerprint density at radius 3 is 2.93 bits per heavy atom. The highest BCUT2D eigenvalue weighted by atomic mass is 16.5. The summed E-state index contributed by atoms with van der Waals surface area (Å²) in [4.78, 5) is 4.33. The Balaban J connectivity index is 2.65. The zero-order chi connectivity index (χ0) is 9.97. The van der Waals surface area contributed by atoms with E-state index in [1.807, 2.05) is 31.2 Å². The van der Waals surface area contributed by atoms with Crippen molar-refractivity contribution >= 4 is 10.9 Å². The van der Waals surface area contributed by atoms with Gasteiger partial charge in [-0.15, -0.1) is 0 Å². The van der Waals surface area contributed by atoms with E-state index in [4.69, 9.17) is 4.74 Å². The first kappa shape index (κ1) is 8.75. The Morgan fingerprint density at radius 1 is 1.36 bits per heavy atom. The Morgan fingerprint density at radius 2 is 2.14 bits per heavy atom. The van der Waals surface area contributed by atoms with Crippen LogP contribution in [-0.4, -0.2) is 4.98 Å². The summed E-state index contributed by atoms with van der Waals surface area (Å²) in [6.45, 7) is 5.55. The van der Waals surface area contributed by atoms with Gasteiger partial charge in [0.2, 0.25) is 5.88 Å². The summed E-state index contributed by atoms with van der Waals surface area (Å²) in [6, 6.07) is 9.90. The molecule has 1 aromatic carbocycles. The van der Waals surface area contributed by atoms with Crippen molar-refractivity contribution in [2.45, 2.75) is 6.92 Å². The summed E-state index contributed by atoms with van der Waals surface area (Å²) in [5.74, 6) is 0.594. The Kier molecular flexibility index (Phi) is 2.19. The molecule has 0 aliphatic heterocycles. The number of para-hydroxylation sites is 1. The number of aromatic nitrogens is 1. The Hall–Kier alpha value is -1.83. The van der Waals surface area contributed by atoms with Crippen molar-refractivity contribution in [3.8, 4) is 5.88 Å². The van der Waals surface area contributed by atoms with Gasteiger partial charge in [0, 0.05) is 11.5 Å². The second-order valence-electron chi connectivity index (χ2n) is 3.08. The maximum Gasteiger partial charge on any atom is 0.219 e. The molecule has 0 fully saturated rings. The average molecular weight is 185 g/mol. The number of rotatable bonds is 2. The first-order valence-electron chi connectivity index (χ1n) is 4.45. The number of aryl methyl sites for hydroxylation is 1. The molecule has 0 amide bonds. The monoisotopic (exact) mass is 185 g/mol. The van der Waals surface area contributed by atoms with Crippen LogP contribution in [0.4, 0.5) is 0 Å². The maximum atomic E-state index is 5.15. The first-order chi connectivity index (χ1) is 6.81. The second-order valence-corrected chi connectivity index (χ2v) is 3.08. The molecule has 70 valence electrons. The fraction of sp³-hybridized carbons (Fsp3) is 0.0833. The third kappa shape index (κ3) is 1.46. The summed E-state index contributed by atoms with van der Waals surface area (Å²) >= 11 is 0. The fourth-order valence-electron chi connectivity index (χ4n) is 1.46. The lowest BCUT2D eigenvalue weighted by Crippen LogP contribution is -1.89. The van der Waals surface area contributed by atoms with E-state index in [1.54, 1.807) is 0 Å². The molecule has 0 N–H and O–H groups in total. The van der Waals surface area contributed by atoms with E-state index in [2.05, 4.69) is 17.6 Å². The topological polar surface area (TPSA) is 22.1 Å². The zero-order valence-corrected chi connectivity index (χ0v) is 8.03. The quantitative estimate of drug-likeness (QED) is 0.671. The molecule has 0 radical (unpaired) electrons. The van der Waals surface area contributed by atoms with Crippen LogP contribution in [0.15, 0.2) is 43.2 Å². The first-order valence-corrected chi connectivity index (χ1v) is 4.45. The van der Waals surface area contributed by atoms with Crippen LogP contribution in [-0.2, 0) is 0 Å². The van der Waals surface area contributed by atoms with Gasteiger partial charge in [0.15, 0.2) is 0 Å². The van der Waals surface area contributed by atoms with Gasteiger partial charge in [-0.05, 0) is 18.6 Å². The number of pyridine rings is 1. The van der Waals surface area contributed by atoms with Gasteiger partial charge in [0.1, 0.15) is 0 Å². The molecule has 2 aromatic rings. The van der Waals surface area contributed by atoms with Gasteiger partial charge in [-0.1, -0.05) is 24.8 Å². The van der Waals surface area contributed by atoms with Crippen molar-refractivity contribution in [3.63, 3.8) is 0 Å². The number of hydrogen-bond donors (Lipinski definition) is 0. The summed E-state index contributed by atoms with van der Waals surface area (Å²) in [5, 5.41) is 1.16. The molecule has 0 bridgehead atoms. The molecule has 2 nitrogen and oxygen atoms in total. The van der Waals surface area contributed by atoms with Crippen LogP contribution in [0.3, 0.4) is 0 Å². The van der Waals surface area contributed by atoms with Crippen molar-refractivity contribution in [1.29, 1.82) is 0 Å². The highest BCUT2D eigenvalue weighted by molar-refractivity contribution is 5.82. The van der Waals surface area contributed by atoms with E-state index >= 15 is 0 Å². The highest BCUT2D eigenvalue weighted by Crippen LogP contribution is 2.20. The normalized spacial score (nSPS) is 10.1. The zero-order valence-electron chi connectivity index (χ0n) is 8.03. The molecule has 0 atom stereocenters. The molecule has 0 aliphatic rings. The standard InChI is InChI=1S/C12H11NO/c1-3-14-12-8-9(2)10-6-4-5-7-11(10)13-12/h3-8H,1H2,2H3. The molecule has 0 saturated heterocycles.